The third kappa shape index (κ3) is 7.83. The summed E-state index contributed by atoms with van der Waals surface area (Å²) in [6.45, 7) is 10.5. The predicted molar refractivity (Wildman–Crippen MR) is 158 cm³/mol. The molecule has 0 aromatic heterocycles. The number of carbonyl (C=O) groups is 4. The van der Waals surface area contributed by atoms with E-state index < -0.39 is 17.8 Å². The molecular formula is C31H42FN5O4. The van der Waals surface area contributed by atoms with Crippen LogP contribution in [0.3, 0.4) is 0 Å². The monoisotopic (exact) mass is 567 g/mol. The number of nitrogens with one attached hydrogen (secondary N) is 2. The third-order valence-electron chi connectivity index (χ3n) is 7.75. The van der Waals surface area contributed by atoms with E-state index in [2.05, 4.69) is 22.5 Å². The molecule has 0 spiro atoms. The fourth-order valence-corrected chi connectivity index (χ4v) is 5.12. The molecule has 41 heavy (non-hydrogen) atoms. The Morgan fingerprint density at radius 3 is 2.27 bits per heavy atom. The number of piperidine rings is 1. The first-order chi connectivity index (χ1) is 19.4. The molecule has 1 saturated heterocycles. The van der Waals surface area contributed by atoms with Crippen molar-refractivity contribution < 1.29 is 23.6 Å². The van der Waals surface area contributed by atoms with Gasteiger partial charge in [-0.05, 0) is 74.1 Å². The number of likely N-dealkylation sites (tertiary alicyclic amines) is 1. The van der Waals surface area contributed by atoms with E-state index in [9.17, 15) is 23.6 Å². The smallest absolute Gasteiger partial charge is 0.254 e. The van der Waals surface area contributed by atoms with Gasteiger partial charge in [0.05, 0.1) is 12.2 Å². The fraction of sp³-hybridized carbons (Fsp3) is 0.484. The van der Waals surface area contributed by atoms with Crippen LogP contribution in [-0.2, 0) is 20.8 Å². The van der Waals surface area contributed by atoms with Crippen molar-refractivity contribution in [2.45, 2.75) is 65.5 Å². The van der Waals surface area contributed by atoms with Crippen molar-refractivity contribution in [2.75, 3.05) is 37.0 Å². The molecule has 9 nitrogen and oxygen atoms in total. The second kappa shape index (κ2) is 13.6. The maximum absolute atomic E-state index is 14.5. The highest BCUT2D eigenvalue weighted by Gasteiger charge is 2.39. The van der Waals surface area contributed by atoms with Gasteiger partial charge in [0.1, 0.15) is 11.9 Å². The van der Waals surface area contributed by atoms with Gasteiger partial charge in [0, 0.05) is 44.0 Å². The summed E-state index contributed by atoms with van der Waals surface area (Å²) in [5.74, 6) is -1.77. The average molecular weight is 568 g/mol. The van der Waals surface area contributed by atoms with Gasteiger partial charge in [-0.1, -0.05) is 26.8 Å². The number of nitrogens with zero attached hydrogens (tertiary/aromatic N) is 3. The summed E-state index contributed by atoms with van der Waals surface area (Å²) in [7, 11) is 1.71. The molecule has 2 N–H and O–H groups in total. The zero-order valence-corrected chi connectivity index (χ0v) is 24.9. The number of hydrogen-bond acceptors (Lipinski definition) is 5. The molecule has 1 heterocycles. The van der Waals surface area contributed by atoms with Gasteiger partial charge >= 0.3 is 0 Å². The summed E-state index contributed by atoms with van der Waals surface area (Å²) in [5.41, 5.74) is 1.98. The van der Waals surface area contributed by atoms with Gasteiger partial charge in [-0.2, -0.15) is 0 Å². The van der Waals surface area contributed by atoms with Gasteiger partial charge in [0.25, 0.3) is 5.91 Å². The van der Waals surface area contributed by atoms with Crippen molar-refractivity contribution in [3.8, 4) is 0 Å². The van der Waals surface area contributed by atoms with E-state index in [1.54, 1.807) is 22.9 Å². The Labute approximate surface area is 242 Å². The van der Waals surface area contributed by atoms with Gasteiger partial charge in [-0.15, -0.1) is 0 Å². The van der Waals surface area contributed by atoms with Crippen molar-refractivity contribution in [1.82, 2.24) is 15.1 Å². The number of aryl methyl sites for hydroxylation is 1. The minimum atomic E-state index is -0.796. The van der Waals surface area contributed by atoms with Crippen LogP contribution in [0.15, 0.2) is 42.5 Å². The quantitative estimate of drug-likeness (QED) is 0.315. The van der Waals surface area contributed by atoms with Gasteiger partial charge in [0.15, 0.2) is 0 Å². The molecule has 10 heteroatoms. The van der Waals surface area contributed by atoms with E-state index in [1.165, 1.54) is 19.1 Å². The lowest BCUT2D eigenvalue weighted by Gasteiger charge is -2.49. The maximum atomic E-state index is 14.5. The van der Waals surface area contributed by atoms with Crippen molar-refractivity contribution in [3.63, 3.8) is 0 Å². The second-order valence-electron chi connectivity index (χ2n) is 11.3. The number of benzene rings is 2. The molecule has 0 aliphatic carbocycles. The first-order valence-electron chi connectivity index (χ1n) is 14.1. The fourth-order valence-electron chi connectivity index (χ4n) is 5.12. The Kier molecular flexibility index (Phi) is 10.5. The van der Waals surface area contributed by atoms with Crippen molar-refractivity contribution in [3.05, 3.63) is 59.4 Å². The first-order valence-corrected chi connectivity index (χ1v) is 14.1. The van der Waals surface area contributed by atoms with Crippen LogP contribution in [0.5, 0.6) is 0 Å². The lowest BCUT2D eigenvalue weighted by molar-refractivity contribution is -0.135. The largest absolute Gasteiger partial charge is 0.348 e. The van der Waals surface area contributed by atoms with E-state index in [4.69, 9.17) is 0 Å². The van der Waals surface area contributed by atoms with Gasteiger partial charge < -0.3 is 25.3 Å². The van der Waals surface area contributed by atoms with Crippen LogP contribution < -0.4 is 15.5 Å². The zero-order chi connectivity index (χ0) is 30.3. The zero-order valence-electron chi connectivity index (χ0n) is 24.9. The molecule has 0 saturated carbocycles. The lowest BCUT2D eigenvalue weighted by Crippen LogP contribution is -2.59. The van der Waals surface area contributed by atoms with Crippen LogP contribution in [0, 0.1) is 11.7 Å². The summed E-state index contributed by atoms with van der Waals surface area (Å²) in [6, 6.07) is 11.1. The molecule has 0 bridgehead atoms. The minimum absolute atomic E-state index is 0.0616. The van der Waals surface area contributed by atoms with Crippen molar-refractivity contribution in [1.29, 1.82) is 0 Å². The number of hydrogen-bond donors (Lipinski definition) is 2. The molecule has 0 radical (unpaired) electrons. The number of carbonyl (C=O) groups excluding carboxylic acids is 4. The second-order valence-corrected chi connectivity index (χ2v) is 11.3. The van der Waals surface area contributed by atoms with Gasteiger partial charge in [-0.25, -0.2) is 4.39 Å². The number of rotatable bonds is 11. The number of amides is 4. The van der Waals surface area contributed by atoms with E-state index >= 15 is 0 Å². The molecule has 1 fully saturated rings. The molecule has 222 valence electrons. The lowest BCUT2D eigenvalue weighted by atomic mass is 9.86. The van der Waals surface area contributed by atoms with Crippen LogP contribution in [0.2, 0.25) is 0 Å². The predicted octanol–water partition coefficient (Wildman–Crippen LogP) is 4.03. The summed E-state index contributed by atoms with van der Waals surface area (Å²) in [6.07, 6.45) is 2.70. The molecule has 0 unspecified atom stereocenters. The Bertz CT molecular complexity index is 1240. The van der Waals surface area contributed by atoms with E-state index in [-0.39, 0.29) is 28.8 Å². The Balaban J connectivity index is 1.75. The van der Waals surface area contributed by atoms with Crippen LogP contribution in [0.1, 0.15) is 63.4 Å². The highest BCUT2D eigenvalue weighted by atomic mass is 19.1. The molecule has 3 rings (SSSR count). The molecule has 1 atom stereocenters. The van der Waals surface area contributed by atoms with Gasteiger partial charge in [0.2, 0.25) is 18.2 Å². The average Bonchev–Trinajstić information content (AvgIpc) is 2.94. The highest BCUT2D eigenvalue weighted by molar-refractivity contribution is 5.98. The van der Waals surface area contributed by atoms with Crippen LogP contribution in [0.4, 0.5) is 15.8 Å². The van der Waals surface area contributed by atoms with Crippen LogP contribution in [0.25, 0.3) is 0 Å². The number of halogens is 1. The Morgan fingerprint density at radius 1 is 1.10 bits per heavy atom. The molecule has 2 aromatic rings. The molecule has 2 aromatic carbocycles. The number of anilines is 2. The Hall–Kier alpha value is -3.95. The maximum Gasteiger partial charge on any atom is 0.254 e. The SMILES string of the molecule is CCc1ccc(F)c(C(=O)N[C@@H](C(=O)N2CCC(C)(N(CN(C)C=O)c3ccc(NC(C)=O)cc3)CC2)C(C)C)c1. The van der Waals surface area contributed by atoms with E-state index in [0.717, 1.165) is 17.7 Å². The summed E-state index contributed by atoms with van der Waals surface area (Å²) in [5, 5.41) is 5.55. The standard InChI is InChI=1S/C31H42FN5O4/c1-7-23-8-13-27(32)26(18-23)29(40)34-28(21(2)3)30(41)36-16-14-31(5,15-17-36)37(19-35(6)20-38)25-11-9-24(10-12-25)33-22(4)39/h8-13,18,20-21,28H,7,14-17,19H2,1-6H3,(H,33,39)(H,34,40)/t28-/m1/s1. The normalized spacial score (nSPS) is 15.2. The molecule has 1 aliphatic rings. The molecule has 1 aliphatic heterocycles. The molecule has 4 amide bonds. The van der Waals surface area contributed by atoms with Gasteiger partial charge in [-0.3, -0.25) is 19.2 Å². The van der Waals surface area contributed by atoms with Crippen LogP contribution >= 0.6 is 0 Å². The highest BCUT2D eigenvalue weighted by Crippen LogP contribution is 2.34. The third-order valence-corrected chi connectivity index (χ3v) is 7.75. The first kappa shape index (κ1) is 31.6. The van der Waals surface area contributed by atoms with Crippen molar-refractivity contribution in [2.24, 2.45) is 5.92 Å². The Morgan fingerprint density at radius 2 is 1.73 bits per heavy atom. The topological polar surface area (TPSA) is 102 Å². The molecular weight excluding hydrogens is 525 g/mol. The summed E-state index contributed by atoms with van der Waals surface area (Å²) in [4.78, 5) is 55.0. The minimum Gasteiger partial charge on any atom is -0.348 e. The van der Waals surface area contributed by atoms with Crippen LogP contribution in [-0.4, -0.2) is 72.3 Å². The van der Waals surface area contributed by atoms with E-state index in [1.807, 2.05) is 45.0 Å². The van der Waals surface area contributed by atoms with Crippen molar-refractivity contribution >= 4 is 35.5 Å². The summed E-state index contributed by atoms with van der Waals surface area (Å²) >= 11 is 0. The van der Waals surface area contributed by atoms with E-state index in [0.29, 0.717) is 44.7 Å². The summed E-state index contributed by atoms with van der Waals surface area (Å²) < 4.78 is 14.5.